The number of hydrogen-bond donors (Lipinski definition) is 0. The van der Waals surface area contributed by atoms with Gasteiger partial charge in [0, 0.05) is 19.8 Å². The molecule has 0 saturated carbocycles. The summed E-state index contributed by atoms with van der Waals surface area (Å²) in [5, 5.41) is 0. The van der Waals surface area contributed by atoms with E-state index in [-0.39, 0.29) is 5.41 Å². The zero-order valence-corrected chi connectivity index (χ0v) is 10.9. The van der Waals surface area contributed by atoms with Crippen LogP contribution in [0.3, 0.4) is 0 Å². The summed E-state index contributed by atoms with van der Waals surface area (Å²) in [6, 6.07) is 0. The van der Waals surface area contributed by atoms with Crippen molar-refractivity contribution in [2.75, 3.05) is 14.1 Å². The standard InChI is InChI=1S/C13H25N/c1-9-11(14(7)8)12(10(2)3)13(4,5)6/h2,9H2,1,3-8H3/b12-11+. The van der Waals surface area contributed by atoms with Crippen molar-refractivity contribution in [2.45, 2.75) is 41.0 Å². The van der Waals surface area contributed by atoms with E-state index < -0.39 is 0 Å². The van der Waals surface area contributed by atoms with Gasteiger partial charge in [0.15, 0.2) is 0 Å². The van der Waals surface area contributed by atoms with Gasteiger partial charge in [0.1, 0.15) is 0 Å². The highest BCUT2D eigenvalue weighted by Gasteiger charge is 2.21. The van der Waals surface area contributed by atoms with E-state index in [1.165, 1.54) is 16.8 Å². The quantitative estimate of drug-likeness (QED) is 0.619. The van der Waals surface area contributed by atoms with Gasteiger partial charge in [-0.3, -0.25) is 0 Å². The van der Waals surface area contributed by atoms with Crippen LogP contribution in [0.4, 0.5) is 0 Å². The average molecular weight is 195 g/mol. The molecule has 0 aliphatic rings. The lowest BCUT2D eigenvalue weighted by Gasteiger charge is -2.30. The van der Waals surface area contributed by atoms with Gasteiger partial charge in [0.05, 0.1) is 0 Å². The van der Waals surface area contributed by atoms with E-state index in [0.29, 0.717) is 0 Å². The Morgan fingerprint density at radius 3 is 1.71 bits per heavy atom. The summed E-state index contributed by atoms with van der Waals surface area (Å²) in [6.07, 6.45) is 1.06. The van der Waals surface area contributed by atoms with Gasteiger partial charge in [-0.05, 0) is 24.3 Å². The maximum atomic E-state index is 4.09. The Morgan fingerprint density at radius 2 is 1.64 bits per heavy atom. The van der Waals surface area contributed by atoms with Crippen LogP contribution in [-0.4, -0.2) is 19.0 Å². The van der Waals surface area contributed by atoms with Gasteiger partial charge in [0.2, 0.25) is 0 Å². The summed E-state index contributed by atoms with van der Waals surface area (Å²) >= 11 is 0. The van der Waals surface area contributed by atoms with E-state index in [9.17, 15) is 0 Å². The molecular formula is C13H25N. The van der Waals surface area contributed by atoms with E-state index in [4.69, 9.17) is 0 Å². The fraction of sp³-hybridized carbons (Fsp3) is 0.692. The molecule has 0 atom stereocenters. The summed E-state index contributed by atoms with van der Waals surface area (Å²) in [6.45, 7) is 15.1. The molecule has 0 aromatic heterocycles. The van der Waals surface area contributed by atoms with Crippen LogP contribution in [0.15, 0.2) is 23.4 Å². The third-order valence-corrected chi connectivity index (χ3v) is 2.34. The van der Waals surface area contributed by atoms with Crippen LogP contribution < -0.4 is 0 Å². The molecule has 0 fully saturated rings. The van der Waals surface area contributed by atoms with Crippen molar-refractivity contribution >= 4 is 0 Å². The zero-order chi connectivity index (χ0) is 11.5. The molecule has 0 saturated heterocycles. The molecule has 0 aliphatic carbocycles. The molecular weight excluding hydrogens is 170 g/mol. The fourth-order valence-electron chi connectivity index (χ4n) is 2.04. The molecule has 0 aromatic carbocycles. The Bertz CT molecular complexity index is 238. The van der Waals surface area contributed by atoms with Gasteiger partial charge < -0.3 is 4.90 Å². The Balaban J connectivity index is 5.45. The normalized spacial score (nSPS) is 13.6. The summed E-state index contributed by atoms with van der Waals surface area (Å²) in [5.74, 6) is 0. The smallest absolute Gasteiger partial charge is 0.0165 e. The third kappa shape index (κ3) is 3.21. The lowest BCUT2D eigenvalue weighted by molar-refractivity contribution is 0.437. The lowest BCUT2D eigenvalue weighted by atomic mass is 9.80. The molecule has 0 heterocycles. The van der Waals surface area contributed by atoms with Crippen molar-refractivity contribution < 1.29 is 0 Å². The van der Waals surface area contributed by atoms with Gasteiger partial charge in [-0.15, -0.1) is 0 Å². The second-order valence-electron chi connectivity index (χ2n) is 5.10. The zero-order valence-electron chi connectivity index (χ0n) is 10.9. The highest BCUT2D eigenvalue weighted by Crippen LogP contribution is 2.34. The van der Waals surface area contributed by atoms with Gasteiger partial charge in [0.25, 0.3) is 0 Å². The summed E-state index contributed by atoms with van der Waals surface area (Å²) in [7, 11) is 4.21. The number of allylic oxidation sites excluding steroid dienone is 3. The molecule has 0 aliphatic heterocycles. The largest absolute Gasteiger partial charge is 0.381 e. The topological polar surface area (TPSA) is 3.24 Å². The van der Waals surface area contributed by atoms with E-state index in [0.717, 1.165) is 6.42 Å². The maximum Gasteiger partial charge on any atom is 0.0165 e. The molecule has 0 amide bonds. The van der Waals surface area contributed by atoms with E-state index in [1.54, 1.807) is 0 Å². The van der Waals surface area contributed by atoms with Crippen molar-refractivity contribution in [1.82, 2.24) is 4.90 Å². The minimum Gasteiger partial charge on any atom is -0.381 e. The highest BCUT2D eigenvalue weighted by molar-refractivity contribution is 5.35. The Kier molecular flexibility index (Phi) is 4.44. The molecule has 0 bridgehead atoms. The minimum atomic E-state index is 0.182. The Labute approximate surface area is 89.5 Å². The summed E-state index contributed by atoms with van der Waals surface area (Å²) < 4.78 is 0. The molecule has 0 rings (SSSR count). The first-order chi connectivity index (χ1) is 6.21. The first-order valence-electron chi connectivity index (χ1n) is 5.28. The van der Waals surface area contributed by atoms with E-state index >= 15 is 0 Å². The number of hydrogen-bond acceptors (Lipinski definition) is 1. The van der Waals surface area contributed by atoms with Crippen molar-refractivity contribution in [1.29, 1.82) is 0 Å². The maximum absolute atomic E-state index is 4.09. The molecule has 0 aromatic rings. The second kappa shape index (κ2) is 4.68. The summed E-state index contributed by atoms with van der Waals surface area (Å²) in [5.41, 5.74) is 4.15. The monoisotopic (exact) mass is 195 g/mol. The Hall–Kier alpha value is -0.720. The van der Waals surface area contributed by atoms with Gasteiger partial charge in [-0.2, -0.15) is 0 Å². The van der Waals surface area contributed by atoms with Crippen LogP contribution in [0.25, 0.3) is 0 Å². The molecule has 14 heavy (non-hydrogen) atoms. The first-order valence-corrected chi connectivity index (χ1v) is 5.28. The van der Waals surface area contributed by atoms with Crippen molar-refractivity contribution in [3.8, 4) is 0 Å². The highest BCUT2D eigenvalue weighted by atomic mass is 15.1. The van der Waals surface area contributed by atoms with Crippen LogP contribution in [0, 0.1) is 5.41 Å². The van der Waals surface area contributed by atoms with Gasteiger partial charge in [-0.25, -0.2) is 0 Å². The molecule has 0 spiro atoms. The molecule has 0 unspecified atom stereocenters. The molecule has 0 radical (unpaired) electrons. The third-order valence-electron chi connectivity index (χ3n) is 2.34. The second-order valence-corrected chi connectivity index (χ2v) is 5.10. The van der Waals surface area contributed by atoms with Crippen molar-refractivity contribution in [2.24, 2.45) is 5.41 Å². The predicted molar refractivity (Wildman–Crippen MR) is 65.3 cm³/mol. The number of nitrogens with zero attached hydrogens (tertiary/aromatic N) is 1. The molecule has 82 valence electrons. The molecule has 1 heteroatoms. The Morgan fingerprint density at radius 1 is 1.21 bits per heavy atom. The van der Waals surface area contributed by atoms with Gasteiger partial charge >= 0.3 is 0 Å². The van der Waals surface area contributed by atoms with Crippen LogP contribution in [0.5, 0.6) is 0 Å². The van der Waals surface area contributed by atoms with Crippen molar-refractivity contribution in [3.63, 3.8) is 0 Å². The average Bonchev–Trinajstić information content (AvgIpc) is 1.95. The van der Waals surface area contributed by atoms with Crippen LogP contribution in [0.1, 0.15) is 41.0 Å². The predicted octanol–water partition coefficient (Wildman–Crippen LogP) is 3.83. The first kappa shape index (κ1) is 13.3. The fourth-order valence-corrected chi connectivity index (χ4v) is 2.04. The van der Waals surface area contributed by atoms with E-state index in [1.807, 2.05) is 0 Å². The van der Waals surface area contributed by atoms with Crippen LogP contribution in [0.2, 0.25) is 0 Å². The SMILES string of the molecule is C=C(C)/C(=C(/CC)N(C)C)C(C)(C)C. The van der Waals surface area contributed by atoms with Crippen molar-refractivity contribution in [3.05, 3.63) is 23.4 Å². The minimum absolute atomic E-state index is 0.182. The van der Waals surface area contributed by atoms with Gasteiger partial charge in [-0.1, -0.05) is 39.8 Å². The van der Waals surface area contributed by atoms with E-state index in [2.05, 4.69) is 60.2 Å². The van der Waals surface area contributed by atoms with Crippen LogP contribution in [-0.2, 0) is 0 Å². The lowest BCUT2D eigenvalue weighted by Crippen LogP contribution is -2.20. The summed E-state index contributed by atoms with van der Waals surface area (Å²) in [4.78, 5) is 2.20. The number of rotatable bonds is 3. The molecule has 0 N–H and O–H groups in total. The molecule has 1 nitrogen and oxygen atoms in total. The van der Waals surface area contributed by atoms with Crippen LogP contribution >= 0.6 is 0 Å².